The largest absolute Gasteiger partial charge is 0.510 e. The third-order valence-electron chi connectivity index (χ3n) is 4.18. The molecule has 1 fully saturated rings. The lowest BCUT2D eigenvalue weighted by Crippen LogP contribution is -1.99. The summed E-state index contributed by atoms with van der Waals surface area (Å²) in [6.45, 7) is 0. The van der Waals surface area contributed by atoms with Crippen LogP contribution >= 0.6 is 11.8 Å². The van der Waals surface area contributed by atoms with E-state index in [1.54, 1.807) is 0 Å². The van der Waals surface area contributed by atoms with Gasteiger partial charge in [-0.2, -0.15) is 5.26 Å². The van der Waals surface area contributed by atoms with E-state index in [2.05, 4.69) is 20.2 Å². The number of fused-ring (bicyclic) bond motifs is 1. The van der Waals surface area contributed by atoms with Crippen molar-refractivity contribution in [2.45, 2.75) is 23.9 Å². The third kappa shape index (κ3) is 2.98. The molecule has 2 heterocycles. The van der Waals surface area contributed by atoms with Crippen LogP contribution in [0.25, 0.3) is 16.6 Å². The number of aliphatic hydroxyl groups is 1. The molecule has 0 bridgehead atoms. The number of allylic oxidation sites excluding steroid dienone is 1. The zero-order chi connectivity index (χ0) is 17.4. The number of para-hydroxylation sites is 2. The lowest BCUT2D eigenvalue weighted by molar-refractivity contribution is 0.420. The van der Waals surface area contributed by atoms with Gasteiger partial charge in [-0.15, -0.1) is 10.2 Å². The Bertz CT molecular complexity index is 975. The summed E-state index contributed by atoms with van der Waals surface area (Å²) in [5.41, 5.74) is 1.73. The van der Waals surface area contributed by atoms with Crippen molar-refractivity contribution >= 4 is 28.4 Å². The molecule has 1 aromatic carbocycles. The van der Waals surface area contributed by atoms with Crippen LogP contribution in [0.2, 0.25) is 0 Å². The maximum Gasteiger partial charge on any atom is 0.191 e. The predicted molar refractivity (Wildman–Crippen MR) is 95.0 cm³/mol. The molecule has 25 heavy (non-hydrogen) atoms. The van der Waals surface area contributed by atoms with Gasteiger partial charge in [-0.3, -0.25) is 0 Å². The monoisotopic (exact) mass is 352 g/mol. The van der Waals surface area contributed by atoms with Gasteiger partial charge >= 0.3 is 0 Å². The molecular formula is C17H16N6OS. The highest BCUT2D eigenvalue weighted by molar-refractivity contribution is 7.99. The molecule has 4 rings (SSSR count). The second kappa shape index (κ2) is 6.26. The first-order valence-corrected chi connectivity index (χ1v) is 8.95. The van der Waals surface area contributed by atoms with Crippen LogP contribution in [-0.4, -0.2) is 35.6 Å². The predicted octanol–water partition coefficient (Wildman–Crippen LogP) is 3.15. The van der Waals surface area contributed by atoms with Gasteiger partial charge in [0, 0.05) is 13.0 Å². The lowest BCUT2D eigenvalue weighted by Gasteiger charge is -2.04. The highest BCUT2D eigenvalue weighted by Crippen LogP contribution is 2.39. The van der Waals surface area contributed by atoms with Crippen LogP contribution in [-0.2, 0) is 7.05 Å². The van der Waals surface area contributed by atoms with Gasteiger partial charge in [-0.1, -0.05) is 23.9 Å². The quantitative estimate of drug-likeness (QED) is 0.415. The third-order valence-corrected chi connectivity index (χ3v) is 5.21. The van der Waals surface area contributed by atoms with Crippen molar-refractivity contribution in [1.29, 1.82) is 5.26 Å². The lowest BCUT2D eigenvalue weighted by atomic mass is 10.2. The minimum atomic E-state index is -0.0254. The van der Waals surface area contributed by atoms with E-state index in [4.69, 9.17) is 0 Å². The number of benzene rings is 1. The van der Waals surface area contributed by atoms with Crippen molar-refractivity contribution in [1.82, 2.24) is 24.7 Å². The van der Waals surface area contributed by atoms with Gasteiger partial charge in [0.25, 0.3) is 0 Å². The molecule has 0 amide bonds. The van der Waals surface area contributed by atoms with Crippen molar-refractivity contribution < 1.29 is 5.11 Å². The summed E-state index contributed by atoms with van der Waals surface area (Å²) in [4.78, 5) is 7.45. The fourth-order valence-corrected chi connectivity index (χ4v) is 3.48. The number of aromatic amines is 1. The Kier molecular flexibility index (Phi) is 3.93. The first-order valence-electron chi connectivity index (χ1n) is 7.96. The fourth-order valence-electron chi connectivity index (χ4n) is 2.68. The van der Waals surface area contributed by atoms with Gasteiger partial charge in [0.05, 0.1) is 16.8 Å². The minimum absolute atomic E-state index is 0.0254. The Morgan fingerprint density at radius 1 is 1.40 bits per heavy atom. The highest BCUT2D eigenvalue weighted by Gasteiger charge is 2.29. The number of rotatable bonds is 5. The summed E-state index contributed by atoms with van der Waals surface area (Å²) in [5.74, 6) is 2.09. The van der Waals surface area contributed by atoms with Crippen molar-refractivity contribution in [2.75, 3.05) is 5.75 Å². The molecule has 0 spiro atoms. The van der Waals surface area contributed by atoms with E-state index in [1.165, 1.54) is 11.8 Å². The van der Waals surface area contributed by atoms with Gasteiger partial charge in [0.1, 0.15) is 23.2 Å². The standard InChI is InChI=1S/C17H16N6OS/c1-23-16(10-6-7-10)21-22-17(23)25-9-14(24)11(8-18)15-19-12-4-2-3-5-13(12)20-15/h2-5,10,24H,6-7,9H2,1H3,(H,19,20). The van der Waals surface area contributed by atoms with Crippen LogP contribution in [0.15, 0.2) is 35.2 Å². The SMILES string of the molecule is Cn1c(SCC(O)=C(C#N)c2nc3ccccc3[nH]2)nnc1C1CC1. The molecule has 1 aliphatic rings. The number of hydrogen-bond acceptors (Lipinski definition) is 6. The summed E-state index contributed by atoms with van der Waals surface area (Å²) in [7, 11) is 1.93. The van der Waals surface area contributed by atoms with Gasteiger partial charge in [-0.25, -0.2) is 4.98 Å². The number of nitrogens with zero attached hydrogens (tertiary/aromatic N) is 5. The van der Waals surface area contributed by atoms with E-state index in [1.807, 2.05) is 41.9 Å². The van der Waals surface area contributed by atoms with Crippen molar-refractivity contribution in [3.8, 4) is 6.07 Å². The summed E-state index contributed by atoms with van der Waals surface area (Å²) in [6, 6.07) is 9.55. The van der Waals surface area contributed by atoms with Crippen LogP contribution in [0.1, 0.15) is 30.4 Å². The molecule has 126 valence electrons. The number of nitriles is 1. The molecule has 3 aromatic rings. The maximum absolute atomic E-state index is 10.4. The van der Waals surface area contributed by atoms with Gasteiger partial charge in [0.15, 0.2) is 11.0 Å². The Morgan fingerprint density at radius 3 is 2.92 bits per heavy atom. The Labute approximate surface area is 148 Å². The summed E-state index contributed by atoms with van der Waals surface area (Å²) in [6.07, 6.45) is 2.32. The molecule has 1 aliphatic carbocycles. The van der Waals surface area contributed by atoms with Crippen LogP contribution in [0.4, 0.5) is 0 Å². The van der Waals surface area contributed by atoms with Gasteiger partial charge in [-0.05, 0) is 25.0 Å². The molecule has 2 N–H and O–H groups in total. The first kappa shape index (κ1) is 15.7. The van der Waals surface area contributed by atoms with Gasteiger partial charge in [0.2, 0.25) is 0 Å². The molecule has 0 radical (unpaired) electrons. The summed E-state index contributed by atoms with van der Waals surface area (Å²) >= 11 is 1.36. The molecular weight excluding hydrogens is 336 g/mol. The van der Waals surface area contributed by atoms with Crippen molar-refractivity contribution in [2.24, 2.45) is 7.05 Å². The zero-order valence-electron chi connectivity index (χ0n) is 13.6. The topological polar surface area (TPSA) is 103 Å². The van der Waals surface area contributed by atoms with E-state index in [0.717, 1.165) is 34.9 Å². The van der Waals surface area contributed by atoms with E-state index in [-0.39, 0.29) is 17.1 Å². The van der Waals surface area contributed by atoms with Crippen LogP contribution in [0.3, 0.4) is 0 Å². The summed E-state index contributed by atoms with van der Waals surface area (Å²) in [5, 5.41) is 29.0. The zero-order valence-corrected chi connectivity index (χ0v) is 14.4. The van der Waals surface area contributed by atoms with E-state index in [0.29, 0.717) is 11.7 Å². The molecule has 1 saturated carbocycles. The Morgan fingerprint density at radius 2 is 2.20 bits per heavy atom. The first-order chi connectivity index (χ1) is 12.2. The molecule has 8 heteroatoms. The van der Waals surface area contributed by atoms with Crippen molar-refractivity contribution in [3.63, 3.8) is 0 Å². The number of H-pyrrole nitrogens is 1. The Hall–Kier alpha value is -2.79. The fraction of sp³-hybridized carbons (Fsp3) is 0.294. The number of aliphatic hydroxyl groups excluding tert-OH is 1. The number of imidazole rings is 1. The molecule has 7 nitrogen and oxygen atoms in total. The maximum atomic E-state index is 10.4. The number of thioether (sulfide) groups is 1. The molecule has 0 atom stereocenters. The minimum Gasteiger partial charge on any atom is -0.510 e. The molecule has 2 aromatic heterocycles. The molecule has 0 unspecified atom stereocenters. The average molecular weight is 352 g/mol. The molecule has 0 aliphatic heterocycles. The molecule has 0 saturated heterocycles. The Balaban J connectivity index is 1.56. The van der Waals surface area contributed by atoms with E-state index in [9.17, 15) is 10.4 Å². The highest BCUT2D eigenvalue weighted by atomic mass is 32.2. The second-order valence-electron chi connectivity index (χ2n) is 6.00. The van der Waals surface area contributed by atoms with Crippen LogP contribution in [0.5, 0.6) is 0 Å². The van der Waals surface area contributed by atoms with E-state index >= 15 is 0 Å². The number of nitrogens with one attached hydrogen (secondary N) is 1. The summed E-state index contributed by atoms with van der Waals surface area (Å²) < 4.78 is 1.96. The average Bonchev–Trinajstić information content (AvgIpc) is 3.26. The second-order valence-corrected chi connectivity index (χ2v) is 6.94. The number of hydrogen-bond donors (Lipinski definition) is 2. The van der Waals surface area contributed by atoms with Crippen molar-refractivity contribution in [3.05, 3.63) is 41.7 Å². The van der Waals surface area contributed by atoms with Crippen LogP contribution in [0, 0.1) is 11.3 Å². The smallest absolute Gasteiger partial charge is 0.191 e. The van der Waals surface area contributed by atoms with Crippen LogP contribution < -0.4 is 0 Å². The number of aromatic nitrogens is 5. The van der Waals surface area contributed by atoms with E-state index < -0.39 is 0 Å². The van der Waals surface area contributed by atoms with Gasteiger partial charge < -0.3 is 14.7 Å². The normalized spacial score (nSPS) is 15.2.